The summed E-state index contributed by atoms with van der Waals surface area (Å²) in [6.45, 7) is 1.13. The van der Waals surface area contributed by atoms with Crippen LogP contribution in [-0.4, -0.2) is 19.5 Å². The van der Waals surface area contributed by atoms with E-state index >= 15 is 0 Å². The first-order valence-corrected chi connectivity index (χ1v) is 6.38. The van der Waals surface area contributed by atoms with E-state index in [0.29, 0.717) is 12.5 Å². The molecule has 1 aromatic carbocycles. The number of nitrogens with one attached hydrogen (secondary N) is 1. The van der Waals surface area contributed by atoms with Gasteiger partial charge in [0.15, 0.2) is 0 Å². The second-order valence-corrected chi connectivity index (χ2v) is 4.99. The fourth-order valence-electron chi connectivity index (χ4n) is 2.86. The Balaban J connectivity index is 1.93. The lowest BCUT2D eigenvalue weighted by Crippen LogP contribution is -2.31. The minimum Gasteiger partial charge on any atom is -0.315 e. The average Bonchev–Trinajstić information content (AvgIpc) is 2.87. The molecule has 0 saturated carbocycles. The normalized spacial score (nSPS) is 23.9. The molecular weight excluding hydrogens is 212 g/mol. The Morgan fingerprint density at radius 2 is 2.24 bits per heavy atom. The second-order valence-electron chi connectivity index (χ2n) is 4.99. The Kier molecular flexibility index (Phi) is 2.63. The zero-order valence-electron chi connectivity index (χ0n) is 10.2. The molecule has 0 spiro atoms. The van der Waals surface area contributed by atoms with Crippen LogP contribution in [0.3, 0.4) is 0 Å². The van der Waals surface area contributed by atoms with Crippen LogP contribution in [0.5, 0.6) is 0 Å². The minimum absolute atomic E-state index is 0.226. The molecule has 1 N–H and O–H groups in total. The van der Waals surface area contributed by atoms with Gasteiger partial charge in [-0.3, -0.25) is 4.79 Å². The maximum atomic E-state index is 11.6. The Morgan fingerprint density at radius 1 is 1.35 bits per heavy atom. The van der Waals surface area contributed by atoms with Gasteiger partial charge in [0.05, 0.1) is 0 Å². The van der Waals surface area contributed by atoms with Gasteiger partial charge in [-0.15, -0.1) is 0 Å². The van der Waals surface area contributed by atoms with Gasteiger partial charge < -0.3 is 10.2 Å². The van der Waals surface area contributed by atoms with Gasteiger partial charge in [0.1, 0.15) is 0 Å². The first-order valence-electron chi connectivity index (χ1n) is 6.38. The zero-order chi connectivity index (χ0) is 11.8. The molecule has 17 heavy (non-hydrogen) atoms. The van der Waals surface area contributed by atoms with E-state index in [1.54, 1.807) is 4.90 Å². The van der Waals surface area contributed by atoms with E-state index in [9.17, 15) is 4.79 Å². The molecule has 0 aromatic heterocycles. The third-order valence-corrected chi connectivity index (χ3v) is 3.91. The summed E-state index contributed by atoms with van der Waals surface area (Å²) >= 11 is 0. The molecule has 3 nitrogen and oxygen atoms in total. The van der Waals surface area contributed by atoms with Crippen LogP contribution in [0.4, 0.5) is 5.69 Å². The summed E-state index contributed by atoms with van der Waals surface area (Å²) in [5, 5.41) is 3.52. The third kappa shape index (κ3) is 1.84. The number of rotatable bonds is 1. The number of hydrogen-bond donors (Lipinski definition) is 1. The molecule has 3 heteroatoms. The van der Waals surface area contributed by atoms with Crippen LogP contribution in [0.15, 0.2) is 18.2 Å². The standard InChI is InChI=1S/C14H18N2O/c1-16-13-6-4-10(12-3-2-8-15-12)9-11(13)5-7-14(16)17/h4,6,9,12,15H,2-3,5,7-8H2,1H3. The Bertz CT molecular complexity index is 450. The van der Waals surface area contributed by atoms with Crippen molar-refractivity contribution in [3.8, 4) is 0 Å². The highest BCUT2D eigenvalue weighted by Crippen LogP contribution is 2.31. The molecular formula is C14H18N2O. The van der Waals surface area contributed by atoms with Gasteiger partial charge in [0.2, 0.25) is 5.91 Å². The van der Waals surface area contributed by atoms with Gasteiger partial charge in [0, 0.05) is 25.2 Å². The molecule has 0 bridgehead atoms. The van der Waals surface area contributed by atoms with Gasteiger partial charge in [-0.1, -0.05) is 12.1 Å². The molecule has 2 aliphatic rings. The molecule has 0 radical (unpaired) electrons. The molecule has 0 aliphatic carbocycles. The summed E-state index contributed by atoms with van der Waals surface area (Å²) in [4.78, 5) is 13.4. The minimum atomic E-state index is 0.226. The summed E-state index contributed by atoms with van der Waals surface area (Å²) in [5.74, 6) is 0.226. The topological polar surface area (TPSA) is 32.3 Å². The second kappa shape index (κ2) is 4.15. The highest BCUT2D eigenvalue weighted by molar-refractivity contribution is 5.95. The molecule has 3 rings (SSSR count). The number of carbonyl (C=O) groups excluding carboxylic acids is 1. The van der Waals surface area contributed by atoms with Crippen LogP contribution < -0.4 is 10.2 Å². The van der Waals surface area contributed by atoms with E-state index in [4.69, 9.17) is 0 Å². The SMILES string of the molecule is CN1C(=O)CCc2cc(C3CCCN3)ccc21. The maximum absolute atomic E-state index is 11.6. The molecule has 2 heterocycles. The lowest BCUT2D eigenvalue weighted by atomic mass is 9.96. The number of fused-ring (bicyclic) bond motifs is 1. The van der Waals surface area contributed by atoms with E-state index < -0.39 is 0 Å². The fourth-order valence-corrected chi connectivity index (χ4v) is 2.86. The maximum Gasteiger partial charge on any atom is 0.227 e. The van der Waals surface area contributed by atoms with Crippen LogP contribution in [-0.2, 0) is 11.2 Å². The lowest BCUT2D eigenvalue weighted by Gasteiger charge is -2.26. The van der Waals surface area contributed by atoms with Crippen LogP contribution in [0.2, 0.25) is 0 Å². The Labute approximate surface area is 102 Å². The van der Waals surface area contributed by atoms with E-state index in [2.05, 4.69) is 23.5 Å². The van der Waals surface area contributed by atoms with Gasteiger partial charge >= 0.3 is 0 Å². The highest BCUT2D eigenvalue weighted by atomic mass is 16.2. The van der Waals surface area contributed by atoms with Crippen LogP contribution >= 0.6 is 0 Å². The zero-order valence-corrected chi connectivity index (χ0v) is 10.2. The number of amides is 1. The summed E-state index contributed by atoms with van der Waals surface area (Å²) in [6, 6.07) is 7.06. The summed E-state index contributed by atoms with van der Waals surface area (Å²) in [6.07, 6.45) is 4.03. The Morgan fingerprint density at radius 3 is 3.00 bits per heavy atom. The molecule has 1 fully saturated rings. The van der Waals surface area contributed by atoms with Crippen LogP contribution in [0.25, 0.3) is 0 Å². The first-order chi connectivity index (χ1) is 8.25. The number of nitrogens with zero attached hydrogens (tertiary/aromatic N) is 1. The van der Waals surface area contributed by atoms with Gasteiger partial charge in [-0.05, 0) is 43.0 Å². The first kappa shape index (κ1) is 10.8. The van der Waals surface area contributed by atoms with Crippen molar-refractivity contribution in [2.45, 2.75) is 31.7 Å². The molecule has 1 saturated heterocycles. The smallest absolute Gasteiger partial charge is 0.227 e. The predicted octanol–water partition coefficient (Wildman–Crippen LogP) is 2.02. The van der Waals surface area contributed by atoms with Crippen molar-refractivity contribution >= 4 is 11.6 Å². The number of benzene rings is 1. The lowest BCUT2D eigenvalue weighted by molar-refractivity contribution is -0.118. The summed E-state index contributed by atoms with van der Waals surface area (Å²) in [7, 11) is 1.87. The monoisotopic (exact) mass is 230 g/mol. The molecule has 1 atom stereocenters. The summed E-state index contributed by atoms with van der Waals surface area (Å²) in [5.41, 5.74) is 3.78. The molecule has 90 valence electrons. The largest absolute Gasteiger partial charge is 0.315 e. The number of carbonyl (C=O) groups is 1. The van der Waals surface area contributed by atoms with E-state index in [1.165, 1.54) is 24.0 Å². The molecule has 1 amide bonds. The van der Waals surface area contributed by atoms with Crippen molar-refractivity contribution in [2.24, 2.45) is 0 Å². The third-order valence-electron chi connectivity index (χ3n) is 3.91. The number of hydrogen-bond acceptors (Lipinski definition) is 2. The van der Waals surface area contributed by atoms with E-state index in [0.717, 1.165) is 18.7 Å². The van der Waals surface area contributed by atoms with Crippen molar-refractivity contribution in [3.63, 3.8) is 0 Å². The van der Waals surface area contributed by atoms with Crippen molar-refractivity contribution < 1.29 is 4.79 Å². The fraction of sp³-hybridized carbons (Fsp3) is 0.500. The van der Waals surface area contributed by atoms with Crippen LogP contribution in [0, 0.1) is 0 Å². The quantitative estimate of drug-likeness (QED) is 0.800. The molecule has 1 unspecified atom stereocenters. The van der Waals surface area contributed by atoms with E-state index in [1.807, 2.05) is 7.05 Å². The number of aryl methyl sites for hydroxylation is 1. The summed E-state index contributed by atoms with van der Waals surface area (Å²) < 4.78 is 0. The number of anilines is 1. The van der Waals surface area contributed by atoms with Gasteiger partial charge in [0.25, 0.3) is 0 Å². The predicted molar refractivity (Wildman–Crippen MR) is 68.2 cm³/mol. The van der Waals surface area contributed by atoms with E-state index in [-0.39, 0.29) is 5.91 Å². The van der Waals surface area contributed by atoms with Crippen molar-refractivity contribution in [3.05, 3.63) is 29.3 Å². The van der Waals surface area contributed by atoms with Crippen molar-refractivity contribution in [2.75, 3.05) is 18.5 Å². The van der Waals surface area contributed by atoms with Crippen LogP contribution in [0.1, 0.15) is 36.4 Å². The average molecular weight is 230 g/mol. The Hall–Kier alpha value is -1.35. The van der Waals surface area contributed by atoms with Crippen molar-refractivity contribution in [1.29, 1.82) is 0 Å². The van der Waals surface area contributed by atoms with Gasteiger partial charge in [-0.2, -0.15) is 0 Å². The van der Waals surface area contributed by atoms with Gasteiger partial charge in [-0.25, -0.2) is 0 Å². The van der Waals surface area contributed by atoms with Crippen molar-refractivity contribution in [1.82, 2.24) is 5.32 Å². The molecule has 1 aromatic rings. The molecule has 2 aliphatic heterocycles. The highest BCUT2D eigenvalue weighted by Gasteiger charge is 2.23.